The third-order valence-corrected chi connectivity index (χ3v) is 6.53. The summed E-state index contributed by atoms with van der Waals surface area (Å²) in [5, 5.41) is 5.11. The van der Waals surface area contributed by atoms with E-state index in [4.69, 9.17) is 11.6 Å². The van der Waals surface area contributed by atoms with E-state index in [0.29, 0.717) is 5.56 Å². The monoisotopic (exact) mass is 496 g/mol. The van der Waals surface area contributed by atoms with Gasteiger partial charge in [-0.3, -0.25) is 5.01 Å². The molecule has 3 aromatic carbocycles. The maximum Gasteiger partial charge on any atom is 0.459 e. The standard InChI is InChI=1S/C24H18ClF5N2S/c1-33-21-12-5-2-9-17(21)15-7-6-8-16(13-15)20-14-22(23(26,27)24(28,29)30)31-32(20)19-11-4-3-10-18(19)25/h2-13,20H,14H2,1H3. The van der Waals surface area contributed by atoms with Gasteiger partial charge in [0.05, 0.1) is 16.8 Å². The van der Waals surface area contributed by atoms with Crippen molar-refractivity contribution in [2.24, 2.45) is 5.10 Å². The molecule has 0 aromatic heterocycles. The van der Waals surface area contributed by atoms with Crippen LogP contribution in [0.1, 0.15) is 18.0 Å². The van der Waals surface area contributed by atoms with Crippen LogP contribution < -0.4 is 5.01 Å². The lowest BCUT2D eigenvalue weighted by Crippen LogP contribution is -2.43. The summed E-state index contributed by atoms with van der Waals surface area (Å²) in [5.74, 6) is -5.05. The van der Waals surface area contributed by atoms with E-state index in [9.17, 15) is 22.0 Å². The average molecular weight is 497 g/mol. The summed E-state index contributed by atoms with van der Waals surface area (Å²) in [6.45, 7) is 0. The van der Waals surface area contributed by atoms with Crippen LogP contribution in [0.3, 0.4) is 0 Å². The Kier molecular flexibility index (Phi) is 6.42. The van der Waals surface area contributed by atoms with Crippen molar-refractivity contribution in [2.45, 2.75) is 29.5 Å². The Bertz CT molecular complexity index is 1200. The normalized spacial score (nSPS) is 16.8. The molecular weight excluding hydrogens is 479 g/mol. The lowest BCUT2D eigenvalue weighted by molar-refractivity contribution is -0.249. The third-order valence-electron chi connectivity index (χ3n) is 5.42. The smallest absolute Gasteiger partial charge is 0.256 e. The Morgan fingerprint density at radius 1 is 0.939 bits per heavy atom. The molecule has 3 aromatic rings. The second-order valence-electron chi connectivity index (χ2n) is 7.46. The molecule has 1 unspecified atom stereocenters. The van der Waals surface area contributed by atoms with E-state index in [1.807, 2.05) is 36.6 Å². The molecule has 0 aliphatic carbocycles. The highest BCUT2D eigenvalue weighted by Gasteiger charge is 2.62. The molecule has 0 N–H and O–H groups in total. The zero-order chi connectivity index (χ0) is 23.8. The molecule has 0 spiro atoms. The fraction of sp³-hybridized carbons (Fsp3) is 0.208. The molecule has 172 valence electrons. The largest absolute Gasteiger partial charge is 0.459 e. The predicted octanol–water partition coefficient (Wildman–Crippen LogP) is 8.23. The summed E-state index contributed by atoms with van der Waals surface area (Å²) >= 11 is 7.81. The van der Waals surface area contributed by atoms with Crippen molar-refractivity contribution in [2.75, 3.05) is 11.3 Å². The van der Waals surface area contributed by atoms with E-state index < -0.39 is 30.3 Å². The zero-order valence-electron chi connectivity index (χ0n) is 17.3. The summed E-state index contributed by atoms with van der Waals surface area (Å²) in [7, 11) is 0. The maximum absolute atomic E-state index is 14.2. The van der Waals surface area contributed by atoms with Gasteiger partial charge in [0, 0.05) is 11.3 Å². The molecular formula is C24H18ClF5N2S. The molecule has 9 heteroatoms. The van der Waals surface area contributed by atoms with Gasteiger partial charge in [-0.25, -0.2) is 0 Å². The molecule has 0 saturated carbocycles. The first-order valence-corrected chi connectivity index (χ1v) is 11.5. The van der Waals surface area contributed by atoms with Crippen molar-refractivity contribution < 1.29 is 22.0 Å². The van der Waals surface area contributed by atoms with Crippen LogP contribution in [-0.2, 0) is 0 Å². The van der Waals surface area contributed by atoms with Gasteiger partial charge < -0.3 is 0 Å². The molecule has 1 aliphatic rings. The van der Waals surface area contributed by atoms with Gasteiger partial charge in [-0.1, -0.05) is 60.1 Å². The molecule has 33 heavy (non-hydrogen) atoms. The molecule has 2 nitrogen and oxygen atoms in total. The Morgan fingerprint density at radius 2 is 1.64 bits per heavy atom. The molecule has 0 saturated heterocycles. The topological polar surface area (TPSA) is 15.6 Å². The molecule has 0 fully saturated rings. The van der Waals surface area contributed by atoms with Gasteiger partial charge in [0.15, 0.2) is 0 Å². The van der Waals surface area contributed by atoms with Gasteiger partial charge in [-0.05, 0) is 47.2 Å². The van der Waals surface area contributed by atoms with E-state index in [2.05, 4.69) is 5.10 Å². The van der Waals surface area contributed by atoms with Crippen molar-refractivity contribution in [3.63, 3.8) is 0 Å². The molecule has 1 atom stereocenters. The zero-order valence-corrected chi connectivity index (χ0v) is 18.9. The SMILES string of the molecule is CSc1ccccc1-c1cccc(C2CC(C(F)(F)C(F)(F)F)=NN2c2ccccc2Cl)c1. The fourth-order valence-electron chi connectivity index (χ4n) is 3.78. The molecule has 4 rings (SSSR count). The van der Waals surface area contributed by atoms with Gasteiger partial charge in [-0.15, -0.1) is 11.8 Å². The molecule has 1 heterocycles. The minimum absolute atomic E-state index is 0.201. The van der Waals surface area contributed by atoms with E-state index in [1.165, 1.54) is 6.07 Å². The van der Waals surface area contributed by atoms with Gasteiger partial charge in [0.2, 0.25) is 0 Å². The van der Waals surface area contributed by atoms with Gasteiger partial charge in [0.1, 0.15) is 5.71 Å². The number of benzene rings is 3. The number of nitrogens with zero attached hydrogens (tertiary/aromatic N) is 2. The Morgan fingerprint density at radius 3 is 2.33 bits per heavy atom. The van der Waals surface area contributed by atoms with Gasteiger partial charge in [-0.2, -0.15) is 27.1 Å². The van der Waals surface area contributed by atoms with E-state index in [-0.39, 0.29) is 10.7 Å². The Balaban J connectivity index is 1.80. The molecule has 0 radical (unpaired) electrons. The van der Waals surface area contributed by atoms with E-state index >= 15 is 0 Å². The average Bonchev–Trinajstić information content (AvgIpc) is 3.25. The number of halogens is 6. The Hall–Kier alpha value is -2.58. The number of hydrogen-bond acceptors (Lipinski definition) is 3. The number of thioether (sulfide) groups is 1. The number of hydrogen-bond donors (Lipinski definition) is 0. The van der Waals surface area contributed by atoms with Crippen molar-refractivity contribution in [3.05, 3.63) is 83.4 Å². The second kappa shape index (κ2) is 8.99. The number of alkyl halides is 5. The lowest BCUT2D eigenvalue weighted by Gasteiger charge is -2.25. The summed E-state index contributed by atoms with van der Waals surface area (Å²) in [5.41, 5.74) is 1.34. The first-order valence-electron chi connectivity index (χ1n) is 9.93. The van der Waals surface area contributed by atoms with Crippen LogP contribution in [0.15, 0.2) is 82.8 Å². The van der Waals surface area contributed by atoms with Crippen LogP contribution >= 0.6 is 23.4 Å². The van der Waals surface area contributed by atoms with E-state index in [0.717, 1.165) is 21.0 Å². The fourth-order valence-corrected chi connectivity index (χ4v) is 4.62. The molecule has 0 amide bonds. The summed E-state index contributed by atoms with van der Waals surface area (Å²) in [4.78, 5) is 1.02. The highest BCUT2D eigenvalue weighted by molar-refractivity contribution is 7.98. The van der Waals surface area contributed by atoms with Crippen LogP contribution in [0.5, 0.6) is 0 Å². The summed E-state index contributed by atoms with van der Waals surface area (Å²) < 4.78 is 67.8. The first kappa shape index (κ1) is 23.6. The van der Waals surface area contributed by atoms with Crippen molar-refractivity contribution in [1.82, 2.24) is 0 Å². The van der Waals surface area contributed by atoms with Crippen molar-refractivity contribution in [3.8, 4) is 11.1 Å². The van der Waals surface area contributed by atoms with Crippen LogP contribution in [-0.4, -0.2) is 24.1 Å². The lowest BCUT2D eigenvalue weighted by atomic mass is 9.95. The van der Waals surface area contributed by atoms with Crippen molar-refractivity contribution in [1.29, 1.82) is 0 Å². The summed E-state index contributed by atoms with van der Waals surface area (Å²) in [6.07, 6.45) is -4.39. The summed E-state index contributed by atoms with van der Waals surface area (Å²) in [6, 6.07) is 20.3. The molecule has 0 bridgehead atoms. The van der Waals surface area contributed by atoms with Crippen LogP contribution in [0.2, 0.25) is 5.02 Å². The highest BCUT2D eigenvalue weighted by Crippen LogP contribution is 2.46. The maximum atomic E-state index is 14.2. The van der Waals surface area contributed by atoms with Gasteiger partial charge in [0.25, 0.3) is 0 Å². The number of hydrazone groups is 1. The minimum Gasteiger partial charge on any atom is -0.256 e. The number of rotatable bonds is 5. The third kappa shape index (κ3) is 4.46. The number of para-hydroxylation sites is 1. The first-order chi connectivity index (χ1) is 15.6. The van der Waals surface area contributed by atoms with Gasteiger partial charge >= 0.3 is 12.1 Å². The highest BCUT2D eigenvalue weighted by atomic mass is 35.5. The van der Waals surface area contributed by atoms with Crippen LogP contribution in [0.25, 0.3) is 11.1 Å². The van der Waals surface area contributed by atoms with E-state index in [1.54, 1.807) is 48.2 Å². The second-order valence-corrected chi connectivity index (χ2v) is 8.72. The van der Waals surface area contributed by atoms with Crippen LogP contribution in [0, 0.1) is 0 Å². The minimum atomic E-state index is -5.74. The quantitative estimate of drug-likeness (QED) is 0.261. The molecule has 1 aliphatic heterocycles. The Labute approximate surface area is 197 Å². The predicted molar refractivity (Wildman–Crippen MR) is 123 cm³/mol. The number of anilines is 1. The van der Waals surface area contributed by atoms with Crippen molar-refractivity contribution >= 4 is 34.8 Å². The van der Waals surface area contributed by atoms with Crippen LogP contribution in [0.4, 0.5) is 27.6 Å².